The number of rotatable bonds is 3. The third kappa shape index (κ3) is 3.07. The van der Waals surface area contributed by atoms with Gasteiger partial charge in [0.05, 0.1) is 22.4 Å². The number of carbonyl (C=O) groups is 1. The summed E-state index contributed by atoms with van der Waals surface area (Å²) in [4.78, 5) is 24.6. The number of nitrogens with zero attached hydrogens (tertiary/aromatic N) is 4. The number of nitro benzene ring substituents is 1. The van der Waals surface area contributed by atoms with Gasteiger partial charge in [-0.2, -0.15) is 5.10 Å². The van der Waals surface area contributed by atoms with Crippen LogP contribution in [0.1, 0.15) is 17.3 Å². The lowest BCUT2D eigenvalue weighted by molar-refractivity contribution is -0.384. The number of nitrogens with one attached hydrogen (secondary N) is 1. The molecule has 23 heavy (non-hydrogen) atoms. The maximum Gasteiger partial charge on any atom is 0.269 e. The van der Waals surface area contributed by atoms with Crippen LogP contribution in [0.2, 0.25) is 0 Å². The molecule has 8 nitrogen and oxygen atoms in total. The largest absolute Gasteiger partial charge is 0.333 e. The Balaban J connectivity index is 1.79. The molecule has 0 saturated carbocycles. The van der Waals surface area contributed by atoms with Crippen LogP contribution in [0.25, 0.3) is 5.69 Å². The summed E-state index contributed by atoms with van der Waals surface area (Å²) in [6.07, 6.45) is 3.18. The first-order chi connectivity index (χ1) is 11.1. The lowest BCUT2D eigenvalue weighted by Gasteiger charge is -2.33. The van der Waals surface area contributed by atoms with E-state index >= 15 is 0 Å². The minimum absolute atomic E-state index is 0.0202. The molecule has 0 bridgehead atoms. The molecule has 1 aromatic heterocycles. The second-order valence-corrected chi connectivity index (χ2v) is 5.50. The molecule has 8 heteroatoms. The van der Waals surface area contributed by atoms with E-state index in [0.29, 0.717) is 17.8 Å². The predicted molar refractivity (Wildman–Crippen MR) is 83.6 cm³/mol. The Morgan fingerprint density at radius 1 is 1.39 bits per heavy atom. The lowest BCUT2D eigenvalue weighted by atomic mass is 10.2. The van der Waals surface area contributed by atoms with Crippen molar-refractivity contribution in [3.8, 4) is 5.69 Å². The van der Waals surface area contributed by atoms with Gasteiger partial charge < -0.3 is 10.2 Å². The first-order valence-electron chi connectivity index (χ1n) is 7.37. The van der Waals surface area contributed by atoms with Crippen LogP contribution < -0.4 is 5.32 Å². The number of amides is 1. The van der Waals surface area contributed by atoms with Gasteiger partial charge in [0, 0.05) is 44.0 Å². The lowest BCUT2D eigenvalue weighted by Crippen LogP contribution is -2.52. The first kappa shape index (κ1) is 15.2. The van der Waals surface area contributed by atoms with Crippen LogP contribution in [0.5, 0.6) is 0 Å². The van der Waals surface area contributed by atoms with Crippen molar-refractivity contribution < 1.29 is 9.72 Å². The smallest absolute Gasteiger partial charge is 0.269 e. The molecule has 1 aliphatic heterocycles. The van der Waals surface area contributed by atoms with Gasteiger partial charge >= 0.3 is 0 Å². The highest BCUT2D eigenvalue weighted by Crippen LogP contribution is 2.16. The van der Waals surface area contributed by atoms with E-state index in [4.69, 9.17) is 0 Å². The maximum absolute atomic E-state index is 12.6. The van der Waals surface area contributed by atoms with Gasteiger partial charge in [0.15, 0.2) is 0 Å². The van der Waals surface area contributed by atoms with Gasteiger partial charge in [-0.3, -0.25) is 14.9 Å². The van der Waals surface area contributed by atoms with Gasteiger partial charge in [-0.05, 0) is 19.1 Å². The van der Waals surface area contributed by atoms with Crippen molar-refractivity contribution in [3.05, 3.63) is 52.3 Å². The standard InChI is InChI=1S/C15H17N5O3/c1-11-8-16-6-7-18(11)15(21)12-9-17-19(10-12)13-2-4-14(5-3-13)20(22)23/h2-5,9-11,16H,6-8H2,1H3. The van der Waals surface area contributed by atoms with E-state index in [2.05, 4.69) is 10.4 Å². The minimum atomic E-state index is -0.451. The average molecular weight is 315 g/mol. The topological polar surface area (TPSA) is 93.3 Å². The second-order valence-electron chi connectivity index (χ2n) is 5.50. The second kappa shape index (κ2) is 6.17. The highest BCUT2D eigenvalue weighted by atomic mass is 16.6. The van der Waals surface area contributed by atoms with Crippen molar-refractivity contribution in [2.45, 2.75) is 13.0 Å². The zero-order chi connectivity index (χ0) is 16.4. The quantitative estimate of drug-likeness (QED) is 0.679. The third-order valence-corrected chi connectivity index (χ3v) is 3.92. The van der Waals surface area contributed by atoms with Gasteiger partial charge in [0.2, 0.25) is 0 Å². The van der Waals surface area contributed by atoms with Gasteiger partial charge in [-0.15, -0.1) is 0 Å². The van der Waals surface area contributed by atoms with Gasteiger partial charge in [0.25, 0.3) is 11.6 Å². The molecule has 1 amide bonds. The number of benzene rings is 1. The summed E-state index contributed by atoms with van der Waals surface area (Å²) in [5, 5.41) is 18.1. The van der Waals surface area contributed by atoms with Gasteiger partial charge in [-0.1, -0.05) is 0 Å². The SMILES string of the molecule is CC1CNCCN1C(=O)c1cnn(-c2ccc([N+](=O)[O-])cc2)c1. The number of hydrogen-bond acceptors (Lipinski definition) is 5. The summed E-state index contributed by atoms with van der Waals surface area (Å²) < 4.78 is 1.55. The van der Waals surface area contributed by atoms with Crippen molar-refractivity contribution in [1.29, 1.82) is 0 Å². The van der Waals surface area contributed by atoms with Crippen molar-refractivity contribution in [2.75, 3.05) is 19.6 Å². The summed E-state index contributed by atoms with van der Waals surface area (Å²) in [5.74, 6) is -0.0489. The first-order valence-corrected chi connectivity index (χ1v) is 7.37. The Morgan fingerprint density at radius 2 is 2.13 bits per heavy atom. The molecule has 0 aliphatic carbocycles. The Kier molecular flexibility index (Phi) is 4.07. The molecular formula is C15H17N5O3. The van der Waals surface area contributed by atoms with E-state index in [1.807, 2.05) is 11.8 Å². The molecule has 1 aromatic carbocycles. The van der Waals surface area contributed by atoms with E-state index in [-0.39, 0.29) is 17.6 Å². The fourth-order valence-electron chi connectivity index (χ4n) is 2.61. The van der Waals surface area contributed by atoms with Crippen LogP contribution in [0, 0.1) is 10.1 Å². The van der Waals surface area contributed by atoms with Crippen molar-refractivity contribution in [2.24, 2.45) is 0 Å². The van der Waals surface area contributed by atoms with Crippen LogP contribution in [0.15, 0.2) is 36.7 Å². The normalized spacial score (nSPS) is 18.0. The summed E-state index contributed by atoms with van der Waals surface area (Å²) >= 11 is 0. The van der Waals surface area contributed by atoms with Gasteiger partial charge in [-0.25, -0.2) is 4.68 Å². The minimum Gasteiger partial charge on any atom is -0.333 e. The molecule has 2 heterocycles. The Hall–Kier alpha value is -2.74. The number of aromatic nitrogens is 2. The molecule has 1 fully saturated rings. The molecule has 2 aromatic rings. The number of carbonyl (C=O) groups excluding carboxylic acids is 1. The Labute approximate surface area is 132 Å². The zero-order valence-corrected chi connectivity index (χ0v) is 12.7. The average Bonchev–Trinajstić information content (AvgIpc) is 3.05. The number of nitro groups is 1. The molecule has 3 rings (SSSR count). The predicted octanol–water partition coefficient (Wildman–Crippen LogP) is 1.21. The van der Waals surface area contributed by atoms with E-state index in [1.54, 1.807) is 23.0 Å². The molecule has 0 spiro atoms. The van der Waals surface area contributed by atoms with E-state index in [9.17, 15) is 14.9 Å². The molecule has 1 atom stereocenters. The van der Waals surface area contributed by atoms with Gasteiger partial charge in [0.1, 0.15) is 0 Å². The van der Waals surface area contributed by atoms with Crippen LogP contribution in [-0.4, -0.2) is 51.2 Å². The number of hydrogen-bond donors (Lipinski definition) is 1. The number of non-ortho nitro benzene ring substituents is 1. The molecule has 0 radical (unpaired) electrons. The molecule has 1 saturated heterocycles. The summed E-state index contributed by atoms with van der Waals surface area (Å²) in [6, 6.07) is 6.17. The molecule has 120 valence electrons. The van der Waals surface area contributed by atoms with Crippen molar-refractivity contribution in [3.63, 3.8) is 0 Å². The molecule has 1 aliphatic rings. The fourth-order valence-corrected chi connectivity index (χ4v) is 2.61. The maximum atomic E-state index is 12.6. The molecule has 1 N–H and O–H groups in total. The van der Waals surface area contributed by atoms with Crippen molar-refractivity contribution >= 4 is 11.6 Å². The monoisotopic (exact) mass is 315 g/mol. The van der Waals surface area contributed by atoms with Crippen LogP contribution in [0.3, 0.4) is 0 Å². The fraction of sp³-hybridized carbons (Fsp3) is 0.333. The summed E-state index contributed by atoms with van der Waals surface area (Å²) in [7, 11) is 0. The molecular weight excluding hydrogens is 298 g/mol. The van der Waals surface area contributed by atoms with Crippen LogP contribution >= 0.6 is 0 Å². The number of piperazine rings is 1. The molecule has 1 unspecified atom stereocenters. The highest BCUT2D eigenvalue weighted by Gasteiger charge is 2.25. The van der Waals surface area contributed by atoms with E-state index in [0.717, 1.165) is 13.1 Å². The Morgan fingerprint density at radius 3 is 2.78 bits per heavy atom. The summed E-state index contributed by atoms with van der Waals surface area (Å²) in [6.45, 7) is 4.24. The summed E-state index contributed by atoms with van der Waals surface area (Å²) in [5.41, 5.74) is 1.20. The highest BCUT2D eigenvalue weighted by molar-refractivity contribution is 5.94. The van der Waals surface area contributed by atoms with E-state index < -0.39 is 4.92 Å². The van der Waals surface area contributed by atoms with E-state index in [1.165, 1.54) is 18.3 Å². The van der Waals surface area contributed by atoms with Crippen molar-refractivity contribution in [1.82, 2.24) is 20.0 Å². The third-order valence-electron chi connectivity index (χ3n) is 3.92. The zero-order valence-electron chi connectivity index (χ0n) is 12.7. The van der Waals surface area contributed by atoms with Crippen LogP contribution in [-0.2, 0) is 0 Å². The van der Waals surface area contributed by atoms with Crippen LogP contribution in [0.4, 0.5) is 5.69 Å². The Bertz CT molecular complexity index is 725.